The number of amides is 2. The zero-order valence-electron chi connectivity index (χ0n) is 24.9. The predicted molar refractivity (Wildman–Crippen MR) is 171 cm³/mol. The Labute approximate surface area is 255 Å². The Morgan fingerprint density at radius 1 is 0.791 bits per heavy atom. The van der Waals surface area contributed by atoms with E-state index in [1.54, 1.807) is 54.6 Å². The van der Waals surface area contributed by atoms with Crippen molar-refractivity contribution >= 4 is 27.5 Å². The van der Waals surface area contributed by atoms with Crippen molar-refractivity contribution in [1.82, 2.24) is 10.2 Å². The lowest BCUT2D eigenvalue weighted by Gasteiger charge is -2.34. The largest absolute Gasteiger partial charge is 0.354 e. The van der Waals surface area contributed by atoms with Crippen LogP contribution in [0.4, 0.5) is 5.69 Å². The Bertz CT molecular complexity index is 1610. The number of sulfonamides is 1. The number of benzene rings is 4. The maximum atomic E-state index is 14.4. The average Bonchev–Trinajstić information content (AvgIpc) is 3.02. The highest BCUT2D eigenvalue weighted by Gasteiger charge is 2.34. The highest BCUT2D eigenvalue weighted by Crippen LogP contribution is 2.25. The molecule has 0 fully saturated rings. The third-order valence-electron chi connectivity index (χ3n) is 7.35. The number of rotatable bonds is 13. The third kappa shape index (κ3) is 8.11. The van der Waals surface area contributed by atoms with Gasteiger partial charge in [0.2, 0.25) is 11.8 Å². The molecule has 4 aromatic rings. The van der Waals surface area contributed by atoms with Gasteiger partial charge in [0.25, 0.3) is 10.0 Å². The normalized spacial score (nSPS) is 11.9. The lowest BCUT2D eigenvalue weighted by molar-refractivity contribution is -0.140. The van der Waals surface area contributed by atoms with Crippen molar-refractivity contribution < 1.29 is 18.0 Å². The molecule has 0 saturated heterocycles. The minimum Gasteiger partial charge on any atom is -0.354 e. The molecule has 0 unspecified atom stereocenters. The second kappa shape index (κ2) is 14.6. The summed E-state index contributed by atoms with van der Waals surface area (Å²) in [6.45, 7) is 5.95. The first-order chi connectivity index (χ1) is 20.7. The molecule has 0 radical (unpaired) electrons. The summed E-state index contributed by atoms with van der Waals surface area (Å²) in [6.07, 6.45) is 1.02. The van der Waals surface area contributed by atoms with E-state index in [1.807, 2.05) is 75.4 Å². The molecular weight excluding hydrogens is 558 g/mol. The molecule has 0 aliphatic carbocycles. The topological polar surface area (TPSA) is 86.8 Å². The fraction of sp³-hybridized carbons (Fsp3) is 0.257. The van der Waals surface area contributed by atoms with Crippen molar-refractivity contribution in [2.45, 2.75) is 51.1 Å². The maximum absolute atomic E-state index is 14.4. The first-order valence-corrected chi connectivity index (χ1v) is 15.9. The summed E-state index contributed by atoms with van der Waals surface area (Å²) in [5, 5.41) is 2.97. The number of anilines is 1. The van der Waals surface area contributed by atoms with Gasteiger partial charge in [0.05, 0.1) is 10.6 Å². The maximum Gasteiger partial charge on any atom is 0.264 e. The van der Waals surface area contributed by atoms with Crippen molar-refractivity contribution in [3.05, 3.63) is 131 Å². The first-order valence-electron chi connectivity index (χ1n) is 14.5. The third-order valence-corrected chi connectivity index (χ3v) is 9.14. The van der Waals surface area contributed by atoms with E-state index in [1.165, 1.54) is 4.90 Å². The lowest BCUT2D eigenvalue weighted by Crippen LogP contribution is -2.53. The van der Waals surface area contributed by atoms with Crippen LogP contribution in [0.5, 0.6) is 0 Å². The Kier molecular flexibility index (Phi) is 10.7. The van der Waals surface area contributed by atoms with Crippen LogP contribution in [0.1, 0.15) is 35.6 Å². The van der Waals surface area contributed by atoms with Crippen LogP contribution in [0.15, 0.2) is 114 Å². The van der Waals surface area contributed by atoms with Crippen LogP contribution in [0, 0.1) is 13.8 Å². The molecule has 0 heterocycles. The van der Waals surface area contributed by atoms with Gasteiger partial charge in [-0.05, 0) is 61.2 Å². The van der Waals surface area contributed by atoms with Gasteiger partial charge in [-0.1, -0.05) is 97.4 Å². The van der Waals surface area contributed by atoms with E-state index >= 15 is 0 Å². The summed E-state index contributed by atoms with van der Waals surface area (Å²) in [7, 11) is -4.11. The second-order valence-electron chi connectivity index (χ2n) is 10.6. The molecule has 224 valence electrons. The van der Waals surface area contributed by atoms with Gasteiger partial charge in [-0.3, -0.25) is 13.9 Å². The van der Waals surface area contributed by atoms with Crippen molar-refractivity contribution in [2.75, 3.05) is 17.4 Å². The molecule has 43 heavy (non-hydrogen) atoms. The van der Waals surface area contributed by atoms with Crippen molar-refractivity contribution in [3.8, 4) is 0 Å². The Balaban J connectivity index is 1.78. The molecule has 1 atom stereocenters. The van der Waals surface area contributed by atoms with Gasteiger partial charge in [0.15, 0.2) is 0 Å². The predicted octanol–water partition coefficient (Wildman–Crippen LogP) is 5.67. The molecule has 0 spiro atoms. The zero-order valence-corrected chi connectivity index (χ0v) is 25.8. The highest BCUT2D eigenvalue weighted by molar-refractivity contribution is 7.92. The van der Waals surface area contributed by atoms with E-state index in [9.17, 15) is 18.0 Å². The Hall–Kier alpha value is -4.43. The highest BCUT2D eigenvalue weighted by atomic mass is 32.2. The van der Waals surface area contributed by atoms with E-state index in [0.717, 1.165) is 33.0 Å². The quantitative estimate of drug-likeness (QED) is 0.215. The molecule has 1 N–H and O–H groups in total. The number of carbonyl (C=O) groups excluding carboxylic acids is 2. The second-order valence-corrected chi connectivity index (χ2v) is 12.5. The van der Waals surface area contributed by atoms with Gasteiger partial charge >= 0.3 is 0 Å². The standard InChI is InChI=1S/C35H39N3O4S/c1-4-23-36-35(40)33(24-29-14-7-5-8-15-29)37(25-30-16-12-11-13-28(30)3)34(39)26-38(31-17-9-6-10-18-31)43(41,42)32-21-19-27(2)20-22-32/h5-22,33H,4,23-26H2,1-3H3,(H,36,40)/t33-/m1/s1. The minimum absolute atomic E-state index is 0.0849. The molecule has 0 aromatic heterocycles. The fourth-order valence-electron chi connectivity index (χ4n) is 4.85. The number of carbonyl (C=O) groups is 2. The number of hydrogen-bond donors (Lipinski definition) is 1. The molecule has 0 saturated carbocycles. The summed E-state index contributed by atoms with van der Waals surface area (Å²) in [5.41, 5.74) is 4.04. The molecule has 8 heteroatoms. The van der Waals surface area contributed by atoms with Crippen LogP contribution in [0.25, 0.3) is 0 Å². The molecule has 4 rings (SSSR count). The van der Waals surface area contributed by atoms with Gasteiger partial charge in [0.1, 0.15) is 12.6 Å². The van der Waals surface area contributed by atoms with Gasteiger partial charge in [-0.25, -0.2) is 8.42 Å². The van der Waals surface area contributed by atoms with E-state index < -0.39 is 28.5 Å². The van der Waals surface area contributed by atoms with E-state index in [4.69, 9.17) is 0 Å². The average molecular weight is 598 g/mol. The van der Waals surface area contributed by atoms with Crippen LogP contribution >= 0.6 is 0 Å². The van der Waals surface area contributed by atoms with Gasteiger partial charge < -0.3 is 10.2 Å². The van der Waals surface area contributed by atoms with Gasteiger partial charge in [0, 0.05) is 19.5 Å². The number of para-hydroxylation sites is 1. The summed E-state index contributed by atoms with van der Waals surface area (Å²) in [5.74, 6) is -0.754. The van der Waals surface area contributed by atoms with Crippen molar-refractivity contribution in [2.24, 2.45) is 0 Å². The minimum atomic E-state index is -4.11. The smallest absolute Gasteiger partial charge is 0.264 e. The van der Waals surface area contributed by atoms with Crippen LogP contribution in [0.2, 0.25) is 0 Å². The molecule has 0 bridgehead atoms. The van der Waals surface area contributed by atoms with Crippen LogP contribution < -0.4 is 9.62 Å². The summed E-state index contributed by atoms with van der Waals surface area (Å²) in [6, 6.07) is 31.5. The van der Waals surface area contributed by atoms with Crippen molar-refractivity contribution in [1.29, 1.82) is 0 Å². The Morgan fingerprint density at radius 2 is 1.40 bits per heavy atom. The first kappa shape index (κ1) is 31.5. The summed E-state index contributed by atoms with van der Waals surface area (Å²) >= 11 is 0. The van der Waals surface area contributed by atoms with E-state index in [2.05, 4.69) is 5.32 Å². The summed E-state index contributed by atoms with van der Waals surface area (Å²) in [4.78, 5) is 29.7. The Morgan fingerprint density at radius 3 is 2.02 bits per heavy atom. The van der Waals surface area contributed by atoms with E-state index in [-0.39, 0.29) is 23.8 Å². The fourth-order valence-corrected chi connectivity index (χ4v) is 6.27. The van der Waals surface area contributed by atoms with E-state index in [0.29, 0.717) is 12.2 Å². The number of aryl methyl sites for hydroxylation is 2. The number of nitrogens with zero attached hydrogens (tertiary/aromatic N) is 2. The number of hydrogen-bond acceptors (Lipinski definition) is 4. The van der Waals surface area contributed by atoms with Crippen LogP contribution in [-0.4, -0.2) is 44.3 Å². The molecule has 0 aliphatic heterocycles. The molecular formula is C35H39N3O4S. The van der Waals surface area contributed by atoms with Crippen molar-refractivity contribution in [3.63, 3.8) is 0 Å². The SMILES string of the molecule is CCCNC(=O)[C@@H](Cc1ccccc1)N(Cc1ccccc1C)C(=O)CN(c1ccccc1)S(=O)(=O)c1ccc(C)cc1. The zero-order chi connectivity index (χ0) is 30.8. The summed E-state index contributed by atoms with van der Waals surface area (Å²) < 4.78 is 29.2. The molecule has 4 aromatic carbocycles. The van der Waals surface area contributed by atoms with Gasteiger partial charge in [-0.15, -0.1) is 0 Å². The van der Waals surface area contributed by atoms with Gasteiger partial charge in [-0.2, -0.15) is 0 Å². The molecule has 7 nitrogen and oxygen atoms in total. The van der Waals surface area contributed by atoms with Crippen LogP contribution in [0.3, 0.4) is 0 Å². The monoisotopic (exact) mass is 597 g/mol. The lowest BCUT2D eigenvalue weighted by atomic mass is 10.0. The number of nitrogens with one attached hydrogen (secondary N) is 1. The van der Waals surface area contributed by atoms with Crippen LogP contribution in [-0.2, 0) is 32.6 Å². The molecule has 0 aliphatic rings. The molecule has 2 amide bonds.